The normalized spacial score (nSPS) is 16.7. The smallest absolute Gasteiger partial charge is 0.253 e. The zero-order chi connectivity index (χ0) is 18.1. The average Bonchev–Trinajstić information content (AvgIpc) is 3.31. The van der Waals surface area contributed by atoms with Crippen molar-refractivity contribution in [1.29, 1.82) is 0 Å². The summed E-state index contributed by atoms with van der Waals surface area (Å²) < 4.78 is 1.87. The van der Waals surface area contributed by atoms with Crippen LogP contribution in [0.15, 0.2) is 37.1 Å². The van der Waals surface area contributed by atoms with Crippen LogP contribution in [0.25, 0.3) is 16.6 Å². The van der Waals surface area contributed by atoms with Gasteiger partial charge < -0.3 is 20.0 Å². The van der Waals surface area contributed by atoms with Crippen molar-refractivity contribution in [2.75, 3.05) is 0 Å². The summed E-state index contributed by atoms with van der Waals surface area (Å²) in [6.07, 6.45) is 12.1. The van der Waals surface area contributed by atoms with Crippen LogP contribution in [0.5, 0.6) is 0 Å². The van der Waals surface area contributed by atoms with Gasteiger partial charge >= 0.3 is 0 Å². The highest BCUT2D eigenvalue weighted by atomic mass is 16.3. The fourth-order valence-corrected chi connectivity index (χ4v) is 3.83. The number of carbonyl (C=O) groups is 1. The number of benzene rings is 1. The van der Waals surface area contributed by atoms with Gasteiger partial charge in [0.15, 0.2) is 0 Å². The van der Waals surface area contributed by atoms with E-state index in [0.717, 1.165) is 35.0 Å². The second kappa shape index (κ2) is 6.96. The molecule has 0 spiro atoms. The van der Waals surface area contributed by atoms with Crippen LogP contribution in [0.3, 0.4) is 0 Å². The van der Waals surface area contributed by atoms with E-state index in [1.807, 2.05) is 22.9 Å². The monoisotopic (exact) mass is 352 g/mol. The van der Waals surface area contributed by atoms with Gasteiger partial charge in [-0.25, -0.2) is 4.98 Å². The van der Waals surface area contributed by atoms with Crippen molar-refractivity contribution >= 4 is 16.8 Å². The average molecular weight is 352 g/mol. The van der Waals surface area contributed by atoms with Crippen molar-refractivity contribution in [1.82, 2.24) is 19.9 Å². The van der Waals surface area contributed by atoms with E-state index in [0.29, 0.717) is 5.56 Å². The minimum Gasteiger partial charge on any atom is -0.389 e. The highest BCUT2D eigenvalue weighted by molar-refractivity contribution is 6.07. The van der Waals surface area contributed by atoms with Crippen molar-refractivity contribution < 1.29 is 9.90 Å². The lowest BCUT2D eigenvalue weighted by Crippen LogP contribution is -2.36. The first-order valence-corrected chi connectivity index (χ1v) is 9.26. The minimum absolute atomic E-state index is 0.0668. The Kier molecular flexibility index (Phi) is 4.51. The van der Waals surface area contributed by atoms with Crippen LogP contribution in [-0.4, -0.2) is 31.6 Å². The Morgan fingerprint density at radius 3 is 2.85 bits per heavy atom. The van der Waals surface area contributed by atoms with E-state index in [1.165, 1.54) is 19.3 Å². The highest BCUT2D eigenvalue weighted by Gasteiger charge is 2.21. The maximum atomic E-state index is 13.0. The van der Waals surface area contributed by atoms with Gasteiger partial charge in [-0.2, -0.15) is 0 Å². The molecule has 2 aromatic heterocycles. The summed E-state index contributed by atoms with van der Waals surface area (Å²) >= 11 is 0. The number of imidazole rings is 1. The van der Waals surface area contributed by atoms with Crippen molar-refractivity contribution in [2.45, 2.75) is 51.2 Å². The molecule has 1 saturated carbocycles. The Morgan fingerprint density at radius 1 is 1.35 bits per heavy atom. The summed E-state index contributed by atoms with van der Waals surface area (Å²) in [5.41, 5.74) is 3.00. The van der Waals surface area contributed by atoms with Crippen LogP contribution in [-0.2, 0) is 0 Å². The number of H-pyrrole nitrogens is 1. The molecule has 2 heterocycles. The molecule has 1 atom stereocenters. The van der Waals surface area contributed by atoms with E-state index in [2.05, 4.69) is 15.3 Å². The van der Waals surface area contributed by atoms with E-state index in [-0.39, 0.29) is 11.9 Å². The number of nitrogens with zero attached hydrogens (tertiary/aromatic N) is 2. The Bertz CT molecular complexity index is 905. The lowest BCUT2D eigenvalue weighted by molar-refractivity contribution is 0.0929. The summed E-state index contributed by atoms with van der Waals surface area (Å²) in [7, 11) is 0. The molecule has 1 amide bonds. The van der Waals surface area contributed by atoms with Crippen molar-refractivity contribution in [3.63, 3.8) is 0 Å². The van der Waals surface area contributed by atoms with Crippen LogP contribution in [0.1, 0.15) is 61.1 Å². The van der Waals surface area contributed by atoms with Gasteiger partial charge in [0.05, 0.1) is 23.5 Å². The SMILES string of the molecule is C[C@@H](O)c1c[nH]c2c(C(=O)NC3CCCCC3)cc(-n3ccnc3)cc12. The zero-order valence-electron chi connectivity index (χ0n) is 14.9. The minimum atomic E-state index is -0.615. The van der Waals surface area contributed by atoms with Crippen LogP contribution in [0.2, 0.25) is 0 Å². The van der Waals surface area contributed by atoms with E-state index < -0.39 is 6.10 Å². The van der Waals surface area contributed by atoms with Gasteiger partial charge in [0, 0.05) is 41.3 Å². The number of nitrogens with one attached hydrogen (secondary N) is 2. The summed E-state index contributed by atoms with van der Waals surface area (Å²) in [4.78, 5) is 20.3. The Hall–Kier alpha value is -2.60. The van der Waals surface area contributed by atoms with Gasteiger partial charge in [-0.15, -0.1) is 0 Å². The maximum Gasteiger partial charge on any atom is 0.253 e. The number of amides is 1. The predicted molar refractivity (Wildman–Crippen MR) is 100 cm³/mol. The fourth-order valence-electron chi connectivity index (χ4n) is 3.83. The Labute approximate surface area is 152 Å². The van der Waals surface area contributed by atoms with Crippen LogP contribution >= 0.6 is 0 Å². The summed E-state index contributed by atoms with van der Waals surface area (Å²) in [5, 5.41) is 14.1. The molecule has 1 fully saturated rings. The molecular formula is C20H24N4O2. The van der Waals surface area contributed by atoms with Crippen molar-refractivity contribution in [3.05, 3.63) is 48.2 Å². The number of hydrogen-bond acceptors (Lipinski definition) is 3. The summed E-state index contributed by atoms with van der Waals surface area (Å²) in [5.74, 6) is -0.0668. The van der Waals surface area contributed by atoms with Crippen LogP contribution < -0.4 is 5.32 Å². The van der Waals surface area contributed by atoms with Crippen molar-refractivity contribution in [3.8, 4) is 5.69 Å². The van der Waals surface area contributed by atoms with Gasteiger partial charge in [0.2, 0.25) is 0 Å². The molecule has 1 aliphatic carbocycles. The van der Waals surface area contributed by atoms with Crippen molar-refractivity contribution in [2.24, 2.45) is 0 Å². The maximum absolute atomic E-state index is 13.0. The molecule has 0 saturated heterocycles. The third kappa shape index (κ3) is 3.12. The number of carbonyl (C=O) groups excluding carboxylic acids is 1. The quantitative estimate of drug-likeness (QED) is 0.672. The van der Waals surface area contributed by atoms with Gasteiger partial charge in [-0.1, -0.05) is 19.3 Å². The van der Waals surface area contributed by atoms with Gasteiger partial charge in [-0.3, -0.25) is 4.79 Å². The molecule has 26 heavy (non-hydrogen) atoms. The first-order valence-electron chi connectivity index (χ1n) is 9.26. The molecule has 136 valence electrons. The van der Waals surface area contributed by atoms with E-state index >= 15 is 0 Å². The molecular weight excluding hydrogens is 328 g/mol. The molecule has 1 aliphatic rings. The summed E-state index contributed by atoms with van der Waals surface area (Å²) in [6.45, 7) is 1.73. The van der Waals surface area contributed by atoms with E-state index in [9.17, 15) is 9.90 Å². The number of aliphatic hydroxyl groups excluding tert-OH is 1. The fraction of sp³-hybridized carbons (Fsp3) is 0.400. The Balaban J connectivity index is 1.77. The number of aliphatic hydroxyl groups is 1. The first-order chi connectivity index (χ1) is 12.6. The number of hydrogen-bond donors (Lipinski definition) is 3. The predicted octanol–water partition coefficient (Wildman–Crippen LogP) is 3.47. The molecule has 0 aliphatic heterocycles. The van der Waals surface area contributed by atoms with Gasteiger partial charge in [0.25, 0.3) is 5.91 Å². The third-order valence-electron chi connectivity index (χ3n) is 5.24. The largest absolute Gasteiger partial charge is 0.389 e. The number of aromatic nitrogens is 3. The second-order valence-corrected chi connectivity index (χ2v) is 7.11. The molecule has 4 rings (SSSR count). The third-order valence-corrected chi connectivity index (χ3v) is 5.24. The second-order valence-electron chi connectivity index (χ2n) is 7.11. The number of fused-ring (bicyclic) bond motifs is 1. The van der Waals surface area contributed by atoms with E-state index in [1.54, 1.807) is 25.6 Å². The van der Waals surface area contributed by atoms with Crippen LogP contribution in [0, 0.1) is 0 Å². The summed E-state index contributed by atoms with van der Waals surface area (Å²) in [6, 6.07) is 4.10. The molecule has 0 radical (unpaired) electrons. The highest BCUT2D eigenvalue weighted by Crippen LogP contribution is 2.29. The lowest BCUT2D eigenvalue weighted by Gasteiger charge is -2.23. The molecule has 6 heteroatoms. The molecule has 1 aromatic carbocycles. The first kappa shape index (κ1) is 16.8. The number of rotatable bonds is 4. The van der Waals surface area contributed by atoms with Gasteiger partial charge in [0.1, 0.15) is 0 Å². The zero-order valence-corrected chi connectivity index (χ0v) is 14.9. The molecule has 0 bridgehead atoms. The lowest BCUT2D eigenvalue weighted by atomic mass is 9.95. The number of aromatic amines is 1. The molecule has 3 aromatic rings. The molecule has 3 N–H and O–H groups in total. The molecule has 0 unspecified atom stereocenters. The topological polar surface area (TPSA) is 82.9 Å². The van der Waals surface area contributed by atoms with Gasteiger partial charge in [-0.05, 0) is 31.9 Å². The Morgan fingerprint density at radius 2 is 2.15 bits per heavy atom. The molecule has 6 nitrogen and oxygen atoms in total. The van der Waals surface area contributed by atoms with Crippen LogP contribution in [0.4, 0.5) is 0 Å². The van der Waals surface area contributed by atoms with E-state index in [4.69, 9.17) is 0 Å². The standard InChI is InChI=1S/C20H24N4O2/c1-13(25)18-11-22-19-16(18)9-15(24-8-7-21-12-24)10-17(19)20(26)23-14-5-3-2-4-6-14/h7-14,22,25H,2-6H2,1H3,(H,23,26)/t13-/m1/s1.